The van der Waals surface area contributed by atoms with Gasteiger partial charge in [-0.05, 0) is 18.6 Å². The average molecular weight is 316 g/mol. The summed E-state index contributed by atoms with van der Waals surface area (Å²) in [5.41, 5.74) is -0.727. The molecule has 1 aliphatic rings. The fourth-order valence-electron chi connectivity index (χ4n) is 2.66. The van der Waals surface area contributed by atoms with Gasteiger partial charge in [0.2, 0.25) is 0 Å². The molecule has 2 aromatic rings. The summed E-state index contributed by atoms with van der Waals surface area (Å²) in [7, 11) is 0. The number of aliphatic hydroxyl groups is 1. The highest BCUT2D eigenvalue weighted by molar-refractivity contribution is 5.92. The second-order valence-electron chi connectivity index (χ2n) is 5.80. The molecule has 0 aromatic carbocycles. The first-order valence-electron chi connectivity index (χ1n) is 7.72. The van der Waals surface area contributed by atoms with Gasteiger partial charge in [0.1, 0.15) is 17.2 Å². The summed E-state index contributed by atoms with van der Waals surface area (Å²) in [6, 6.07) is 7.30. The maximum atomic E-state index is 12.1. The number of anilines is 1. The summed E-state index contributed by atoms with van der Waals surface area (Å²) in [5.74, 6) is 1.16. The Hall–Kier alpha value is -2.41. The van der Waals surface area contributed by atoms with Crippen molar-refractivity contribution in [3.05, 3.63) is 41.9 Å². The third kappa shape index (κ3) is 3.50. The van der Waals surface area contributed by atoms with Crippen LogP contribution in [0.3, 0.4) is 0 Å². The summed E-state index contributed by atoms with van der Waals surface area (Å²) >= 11 is 0. The van der Waals surface area contributed by atoms with Crippen LogP contribution in [0.15, 0.2) is 35.0 Å². The van der Waals surface area contributed by atoms with E-state index < -0.39 is 5.60 Å². The minimum atomic E-state index is -0.968. The maximum absolute atomic E-state index is 12.1. The van der Waals surface area contributed by atoms with Crippen LogP contribution in [0, 0.1) is 0 Å². The standard InChI is InChI=1S/C16H20N4O3/c1-2-12-9-13(19-23-12)15(21)18-10-16(22)6-8-20(11-16)14-5-3-4-7-17-14/h3-5,7,9,22H,2,6,8,10-11H2,1H3,(H,18,21)/t16-/m1/s1. The number of pyridine rings is 1. The molecule has 0 aliphatic carbocycles. The van der Waals surface area contributed by atoms with Crippen LogP contribution in [0.4, 0.5) is 5.82 Å². The molecule has 2 N–H and O–H groups in total. The number of hydrogen-bond donors (Lipinski definition) is 2. The van der Waals surface area contributed by atoms with Gasteiger partial charge in [0.15, 0.2) is 5.69 Å². The van der Waals surface area contributed by atoms with Gasteiger partial charge < -0.3 is 19.8 Å². The Balaban J connectivity index is 1.56. The number of aryl methyl sites for hydroxylation is 1. The lowest BCUT2D eigenvalue weighted by atomic mass is 10.0. The van der Waals surface area contributed by atoms with Gasteiger partial charge in [-0.25, -0.2) is 4.98 Å². The number of carbonyl (C=O) groups excluding carboxylic acids is 1. The first-order valence-corrected chi connectivity index (χ1v) is 7.72. The highest BCUT2D eigenvalue weighted by atomic mass is 16.5. The van der Waals surface area contributed by atoms with Crippen molar-refractivity contribution in [2.75, 3.05) is 24.5 Å². The van der Waals surface area contributed by atoms with E-state index in [-0.39, 0.29) is 18.1 Å². The van der Waals surface area contributed by atoms with Crippen LogP contribution in [0.5, 0.6) is 0 Å². The van der Waals surface area contributed by atoms with Crippen LogP contribution >= 0.6 is 0 Å². The molecular formula is C16H20N4O3. The molecule has 0 unspecified atom stereocenters. The van der Waals surface area contributed by atoms with Crippen molar-refractivity contribution < 1.29 is 14.4 Å². The normalized spacial score (nSPS) is 20.7. The van der Waals surface area contributed by atoms with Crippen molar-refractivity contribution in [1.82, 2.24) is 15.5 Å². The maximum Gasteiger partial charge on any atom is 0.273 e. The summed E-state index contributed by atoms with van der Waals surface area (Å²) in [5, 5.41) is 17.1. The lowest BCUT2D eigenvalue weighted by Gasteiger charge is -2.24. The van der Waals surface area contributed by atoms with Crippen LogP contribution < -0.4 is 10.2 Å². The number of nitrogens with zero attached hydrogens (tertiary/aromatic N) is 3. The summed E-state index contributed by atoms with van der Waals surface area (Å²) in [6.07, 6.45) is 2.98. The smallest absolute Gasteiger partial charge is 0.273 e. The number of carbonyl (C=O) groups is 1. The molecule has 1 fully saturated rings. The predicted octanol–water partition coefficient (Wildman–Crippen LogP) is 1.00. The van der Waals surface area contributed by atoms with E-state index in [0.29, 0.717) is 31.7 Å². The fraction of sp³-hybridized carbons (Fsp3) is 0.438. The lowest BCUT2D eigenvalue weighted by Crippen LogP contribution is -2.45. The molecule has 23 heavy (non-hydrogen) atoms. The zero-order chi connectivity index (χ0) is 16.3. The van der Waals surface area contributed by atoms with Gasteiger partial charge in [0.25, 0.3) is 5.91 Å². The fourth-order valence-corrected chi connectivity index (χ4v) is 2.66. The first-order chi connectivity index (χ1) is 11.1. The van der Waals surface area contributed by atoms with E-state index >= 15 is 0 Å². The Kier molecular flexibility index (Phi) is 4.29. The molecular weight excluding hydrogens is 296 g/mol. The Morgan fingerprint density at radius 1 is 1.52 bits per heavy atom. The highest BCUT2D eigenvalue weighted by Crippen LogP contribution is 2.24. The molecule has 1 aliphatic heterocycles. The van der Waals surface area contributed by atoms with Gasteiger partial charge in [-0.15, -0.1) is 0 Å². The van der Waals surface area contributed by atoms with Crippen molar-refractivity contribution in [3.63, 3.8) is 0 Å². The van der Waals surface area contributed by atoms with Crippen molar-refractivity contribution in [2.24, 2.45) is 0 Å². The third-order valence-corrected chi connectivity index (χ3v) is 4.02. The van der Waals surface area contributed by atoms with Gasteiger partial charge >= 0.3 is 0 Å². The molecule has 122 valence electrons. The van der Waals surface area contributed by atoms with Gasteiger partial charge in [0, 0.05) is 38.3 Å². The largest absolute Gasteiger partial charge is 0.386 e. The van der Waals surface area contributed by atoms with E-state index in [0.717, 1.165) is 5.82 Å². The second kappa shape index (κ2) is 6.37. The van der Waals surface area contributed by atoms with Crippen LogP contribution in [0.1, 0.15) is 29.6 Å². The minimum Gasteiger partial charge on any atom is -0.386 e. The van der Waals surface area contributed by atoms with Crippen molar-refractivity contribution in [3.8, 4) is 0 Å². The molecule has 1 saturated heterocycles. The van der Waals surface area contributed by atoms with E-state index in [4.69, 9.17) is 4.52 Å². The lowest BCUT2D eigenvalue weighted by molar-refractivity contribution is 0.0573. The molecule has 3 heterocycles. The zero-order valence-corrected chi connectivity index (χ0v) is 13.0. The molecule has 0 spiro atoms. The monoisotopic (exact) mass is 316 g/mol. The van der Waals surface area contributed by atoms with E-state index in [1.807, 2.05) is 30.0 Å². The molecule has 0 bridgehead atoms. The van der Waals surface area contributed by atoms with Gasteiger partial charge in [0.05, 0.1) is 0 Å². The van der Waals surface area contributed by atoms with Crippen molar-refractivity contribution in [2.45, 2.75) is 25.4 Å². The molecule has 0 saturated carbocycles. The Morgan fingerprint density at radius 2 is 2.39 bits per heavy atom. The molecule has 1 amide bonds. The molecule has 0 radical (unpaired) electrons. The topological polar surface area (TPSA) is 91.5 Å². The van der Waals surface area contributed by atoms with E-state index in [1.165, 1.54) is 0 Å². The third-order valence-electron chi connectivity index (χ3n) is 4.02. The van der Waals surface area contributed by atoms with Gasteiger partial charge in [-0.3, -0.25) is 4.79 Å². The Morgan fingerprint density at radius 3 is 3.09 bits per heavy atom. The number of hydrogen-bond acceptors (Lipinski definition) is 6. The number of amides is 1. The summed E-state index contributed by atoms with van der Waals surface area (Å²) in [4.78, 5) is 18.4. The van der Waals surface area contributed by atoms with Crippen LogP contribution in [-0.2, 0) is 6.42 Å². The van der Waals surface area contributed by atoms with Crippen molar-refractivity contribution >= 4 is 11.7 Å². The van der Waals surface area contributed by atoms with Gasteiger partial charge in [-0.2, -0.15) is 0 Å². The number of β-amino-alcohol motifs (C(OH)–C–C–N with tert-alkyl or cyclic N) is 1. The Labute approximate surface area is 134 Å². The highest BCUT2D eigenvalue weighted by Gasteiger charge is 2.37. The van der Waals surface area contributed by atoms with Crippen LogP contribution in [-0.4, -0.2) is 46.4 Å². The van der Waals surface area contributed by atoms with Crippen LogP contribution in [0.2, 0.25) is 0 Å². The molecule has 7 nitrogen and oxygen atoms in total. The number of rotatable bonds is 5. The quantitative estimate of drug-likeness (QED) is 0.855. The summed E-state index contributed by atoms with van der Waals surface area (Å²) < 4.78 is 5.02. The predicted molar refractivity (Wildman–Crippen MR) is 84.2 cm³/mol. The average Bonchev–Trinajstić information content (AvgIpc) is 3.21. The summed E-state index contributed by atoms with van der Waals surface area (Å²) in [6.45, 7) is 3.23. The number of nitrogens with one attached hydrogen (secondary N) is 1. The van der Waals surface area contributed by atoms with E-state index in [9.17, 15) is 9.90 Å². The molecule has 1 atom stereocenters. The SMILES string of the molecule is CCc1cc(C(=O)NC[C@]2(O)CCN(c3ccccn3)C2)no1. The van der Waals surface area contributed by atoms with Gasteiger partial charge in [-0.1, -0.05) is 18.1 Å². The zero-order valence-electron chi connectivity index (χ0n) is 13.0. The second-order valence-corrected chi connectivity index (χ2v) is 5.80. The van der Waals surface area contributed by atoms with Crippen LogP contribution in [0.25, 0.3) is 0 Å². The molecule has 7 heteroatoms. The van der Waals surface area contributed by atoms with E-state index in [1.54, 1.807) is 12.3 Å². The van der Waals surface area contributed by atoms with Crippen molar-refractivity contribution in [1.29, 1.82) is 0 Å². The minimum absolute atomic E-state index is 0.170. The number of aromatic nitrogens is 2. The Bertz CT molecular complexity index is 673. The molecule has 2 aromatic heterocycles. The first kappa shape index (κ1) is 15.5. The van der Waals surface area contributed by atoms with E-state index in [2.05, 4.69) is 15.5 Å². The molecule has 3 rings (SSSR count).